The third-order valence-corrected chi connectivity index (χ3v) is 3.16. The zero-order valence-corrected chi connectivity index (χ0v) is 11.3. The maximum atomic E-state index is 6.23. The van der Waals surface area contributed by atoms with Crippen molar-refractivity contribution in [3.63, 3.8) is 0 Å². The molecule has 0 aliphatic heterocycles. The Kier molecular flexibility index (Phi) is 4.47. The van der Waals surface area contributed by atoms with E-state index >= 15 is 0 Å². The minimum absolute atomic E-state index is 0.141. The van der Waals surface area contributed by atoms with Crippen LogP contribution in [-0.4, -0.2) is 17.1 Å². The largest absolute Gasteiger partial charge is 0.495 e. The maximum Gasteiger partial charge on any atom is 0.141 e. The highest BCUT2D eigenvalue weighted by Crippen LogP contribution is 2.24. The molecule has 0 radical (unpaired) electrons. The molecule has 1 unspecified atom stereocenters. The van der Waals surface area contributed by atoms with E-state index in [-0.39, 0.29) is 6.04 Å². The molecule has 4 heteroatoms. The smallest absolute Gasteiger partial charge is 0.141 e. The quantitative estimate of drug-likeness (QED) is 0.892. The van der Waals surface area contributed by atoms with Gasteiger partial charge in [0.1, 0.15) is 5.75 Å². The minimum atomic E-state index is -0.141. The van der Waals surface area contributed by atoms with Gasteiger partial charge in [-0.1, -0.05) is 13.0 Å². The lowest BCUT2D eigenvalue weighted by molar-refractivity contribution is 0.403. The summed E-state index contributed by atoms with van der Waals surface area (Å²) in [7, 11) is 1.63. The summed E-state index contributed by atoms with van der Waals surface area (Å²) in [6.45, 7) is 2.12. The van der Waals surface area contributed by atoms with Crippen molar-refractivity contribution in [3.8, 4) is 5.75 Å². The van der Waals surface area contributed by atoms with Crippen LogP contribution in [0.5, 0.6) is 5.75 Å². The Morgan fingerprint density at radius 3 is 2.74 bits per heavy atom. The molecule has 0 bridgehead atoms. The van der Waals surface area contributed by atoms with E-state index in [1.807, 2.05) is 18.3 Å². The monoisotopic (exact) mass is 257 g/mol. The van der Waals surface area contributed by atoms with Crippen molar-refractivity contribution in [2.45, 2.75) is 25.8 Å². The molecule has 100 valence electrons. The van der Waals surface area contributed by atoms with Crippen molar-refractivity contribution in [1.29, 1.82) is 0 Å². The zero-order valence-electron chi connectivity index (χ0n) is 11.3. The lowest BCUT2D eigenvalue weighted by Gasteiger charge is -2.14. The van der Waals surface area contributed by atoms with Crippen LogP contribution in [0.3, 0.4) is 0 Å². The zero-order chi connectivity index (χ0) is 13.7. The van der Waals surface area contributed by atoms with E-state index in [9.17, 15) is 0 Å². The molecule has 2 heterocycles. The number of aryl methyl sites for hydroxylation is 1. The molecule has 0 aromatic carbocycles. The number of ether oxygens (including phenoxy) is 1. The molecule has 0 fully saturated rings. The van der Waals surface area contributed by atoms with Crippen molar-refractivity contribution in [2.75, 3.05) is 7.11 Å². The molecular formula is C15H19N3O. The van der Waals surface area contributed by atoms with Crippen LogP contribution in [-0.2, 0) is 12.8 Å². The van der Waals surface area contributed by atoms with Crippen LogP contribution < -0.4 is 10.5 Å². The second-order valence-corrected chi connectivity index (χ2v) is 4.44. The SMILES string of the molecule is CCc1ccc(CC(N)c2ccncc2OC)nc1. The van der Waals surface area contributed by atoms with Gasteiger partial charge in [0.25, 0.3) is 0 Å². The second-order valence-electron chi connectivity index (χ2n) is 4.44. The molecule has 0 spiro atoms. The first-order valence-electron chi connectivity index (χ1n) is 6.42. The Labute approximate surface area is 113 Å². The number of nitrogens with two attached hydrogens (primary N) is 1. The van der Waals surface area contributed by atoms with Crippen LogP contribution in [0, 0.1) is 0 Å². The molecule has 2 rings (SSSR count). The van der Waals surface area contributed by atoms with E-state index in [2.05, 4.69) is 23.0 Å². The minimum Gasteiger partial charge on any atom is -0.495 e. The van der Waals surface area contributed by atoms with Gasteiger partial charge in [0.2, 0.25) is 0 Å². The van der Waals surface area contributed by atoms with Gasteiger partial charge in [0.15, 0.2) is 0 Å². The molecule has 0 saturated heterocycles. The van der Waals surface area contributed by atoms with Gasteiger partial charge in [-0.3, -0.25) is 9.97 Å². The first-order chi connectivity index (χ1) is 9.24. The van der Waals surface area contributed by atoms with Crippen molar-refractivity contribution in [1.82, 2.24) is 9.97 Å². The van der Waals surface area contributed by atoms with Crippen LogP contribution in [0.1, 0.15) is 29.8 Å². The average Bonchev–Trinajstić information content (AvgIpc) is 2.48. The summed E-state index contributed by atoms with van der Waals surface area (Å²) >= 11 is 0. The van der Waals surface area contributed by atoms with Crippen molar-refractivity contribution in [2.24, 2.45) is 5.73 Å². The van der Waals surface area contributed by atoms with E-state index in [4.69, 9.17) is 10.5 Å². The summed E-state index contributed by atoms with van der Waals surface area (Å²) in [5, 5.41) is 0. The number of aromatic nitrogens is 2. The Hall–Kier alpha value is -1.94. The third-order valence-electron chi connectivity index (χ3n) is 3.16. The number of nitrogens with zero attached hydrogens (tertiary/aromatic N) is 2. The van der Waals surface area contributed by atoms with E-state index in [1.54, 1.807) is 19.5 Å². The van der Waals surface area contributed by atoms with E-state index < -0.39 is 0 Å². The van der Waals surface area contributed by atoms with Crippen LogP contribution in [0.15, 0.2) is 36.8 Å². The van der Waals surface area contributed by atoms with E-state index in [0.29, 0.717) is 6.42 Å². The van der Waals surface area contributed by atoms with Crippen LogP contribution in [0.25, 0.3) is 0 Å². The molecule has 0 aliphatic rings. The summed E-state index contributed by atoms with van der Waals surface area (Å²) < 4.78 is 5.28. The third kappa shape index (κ3) is 3.29. The predicted molar refractivity (Wildman–Crippen MR) is 75.0 cm³/mol. The highest BCUT2D eigenvalue weighted by atomic mass is 16.5. The van der Waals surface area contributed by atoms with Gasteiger partial charge in [0, 0.05) is 36.1 Å². The fraction of sp³-hybridized carbons (Fsp3) is 0.333. The molecule has 2 aromatic rings. The predicted octanol–water partition coefficient (Wildman–Crippen LogP) is 2.29. The van der Waals surface area contributed by atoms with Crippen molar-refractivity contribution in [3.05, 3.63) is 53.6 Å². The van der Waals surface area contributed by atoms with Gasteiger partial charge in [-0.15, -0.1) is 0 Å². The summed E-state index contributed by atoms with van der Waals surface area (Å²) in [4.78, 5) is 8.47. The first-order valence-corrected chi connectivity index (χ1v) is 6.42. The van der Waals surface area contributed by atoms with Gasteiger partial charge >= 0.3 is 0 Å². The Balaban J connectivity index is 2.13. The Morgan fingerprint density at radius 1 is 1.26 bits per heavy atom. The van der Waals surface area contributed by atoms with E-state index in [1.165, 1.54) is 5.56 Å². The number of pyridine rings is 2. The van der Waals surface area contributed by atoms with Crippen LogP contribution in [0.2, 0.25) is 0 Å². The number of hydrogen-bond acceptors (Lipinski definition) is 4. The molecule has 2 N–H and O–H groups in total. The highest BCUT2D eigenvalue weighted by molar-refractivity contribution is 5.33. The normalized spacial score (nSPS) is 12.2. The van der Waals surface area contributed by atoms with Crippen LogP contribution >= 0.6 is 0 Å². The lowest BCUT2D eigenvalue weighted by Crippen LogP contribution is -2.15. The molecule has 0 saturated carbocycles. The molecule has 1 atom stereocenters. The molecule has 4 nitrogen and oxygen atoms in total. The fourth-order valence-corrected chi connectivity index (χ4v) is 1.99. The van der Waals surface area contributed by atoms with Gasteiger partial charge in [0.05, 0.1) is 13.3 Å². The summed E-state index contributed by atoms with van der Waals surface area (Å²) in [5.41, 5.74) is 9.41. The van der Waals surface area contributed by atoms with Gasteiger partial charge in [-0.05, 0) is 24.1 Å². The number of hydrogen-bond donors (Lipinski definition) is 1. The van der Waals surface area contributed by atoms with Crippen molar-refractivity contribution < 1.29 is 4.74 Å². The number of rotatable bonds is 5. The maximum absolute atomic E-state index is 6.23. The molecule has 0 aliphatic carbocycles. The summed E-state index contributed by atoms with van der Waals surface area (Å²) in [6.07, 6.45) is 7.00. The average molecular weight is 257 g/mol. The lowest BCUT2D eigenvalue weighted by atomic mass is 10.0. The second kappa shape index (κ2) is 6.29. The standard InChI is InChI=1S/C15H19N3O/c1-3-11-4-5-12(18-9-11)8-14(16)13-6-7-17-10-15(13)19-2/h4-7,9-10,14H,3,8,16H2,1-2H3. The van der Waals surface area contributed by atoms with Gasteiger partial charge in [-0.25, -0.2) is 0 Å². The van der Waals surface area contributed by atoms with Crippen LogP contribution in [0.4, 0.5) is 0 Å². The Bertz CT molecular complexity index is 525. The molecular weight excluding hydrogens is 238 g/mol. The van der Waals surface area contributed by atoms with Gasteiger partial charge < -0.3 is 10.5 Å². The highest BCUT2D eigenvalue weighted by Gasteiger charge is 2.13. The molecule has 19 heavy (non-hydrogen) atoms. The molecule has 2 aromatic heterocycles. The topological polar surface area (TPSA) is 61.0 Å². The fourth-order valence-electron chi connectivity index (χ4n) is 1.99. The van der Waals surface area contributed by atoms with Crippen molar-refractivity contribution >= 4 is 0 Å². The first kappa shape index (κ1) is 13.5. The number of methoxy groups -OCH3 is 1. The summed E-state index contributed by atoms with van der Waals surface area (Å²) in [6, 6.07) is 5.88. The van der Waals surface area contributed by atoms with Gasteiger partial charge in [-0.2, -0.15) is 0 Å². The van der Waals surface area contributed by atoms with E-state index in [0.717, 1.165) is 23.4 Å². The summed E-state index contributed by atoms with van der Waals surface area (Å²) in [5.74, 6) is 0.722. The Morgan fingerprint density at radius 2 is 2.11 bits per heavy atom. The molecule has 0 amide bonds.